The lowest BCUT2D eigenvalue weighted by atomic mass is 10.1. The van der Waals surface area contributed by atoms with E-state index in [1.807, 2.05) is 20.8 Å². The molecular weight excluding hydrogens is 289 g/mol. The highest BCUT2D eigenvalue weighted by Gasteiger charge is 2.21. The minimum absolute atomic E-state index is 0.0711. The minimum Gasteiger partial charge on any atom is -0.444 e. The van der Waals surface area contributed by atoms with E-state index in [-0.39, 0.29) is 12.1 Å². The van der Waals surface area contributed by atoms with Gasteiger partial charge in [-0.3, -0.25) is 0 Å². The molecule has 0 saturated carbocycles. The number of alkyl carbamates (subject to hydrolysis) is 1. The lowest BCUT2D eigenvalue weighted by molar-refractivity contribution is 0.0514. The van der Waals surface area contributed by atoms with Gasteiger partial charge in [-0.2, -0.15) is 4.89 Å². The van der Waals surface area contributed by atoms with Crippen LogP contribution in [0.25, 0.3) is 0 Å². The summed E-state index contributed by atoms with van der Waals surface area (Å²) in [6, 6.07) is 0.0711. The molecule has 0 aromatic rings. The maximum atomic E-state index is 11.7. The third-order valence-corrected chi connectivity index (χ3v) is 3.96. The highest BCUT2D eigenvalue weighted by Crippen LogP contribution is 2.24. The zero-order valence-corrected chi connectivity index (χ0v) is 14.1. The maximum absolute atomic E-state index is 11.7. The van der Waals surface area contributed by atoms with Gasteiger partial charge in [-0.05, 0) is 63.9 Å². The van der Waals surface area contributed by atoms with Crippen LogP contribution in [0.15, 0.2) is 11.6 Å². The Kier molecular flexibility index (Phi) is 7.33. The van der Waals surface area contributed by atoms with Crippen LogP contribution >= 0.6 is 8.03 Å². The van der Waals surface area contributed by atoms with E-state index in [2.05, 4.69) is 11.4 Å². The summed E-state index contributed by atoms with van der Waals surface area (Å²) in [5.41, 5.74) is 0.896. The van der Waals surface area contributed by atoms with Gasteiger partial charge in [0, 0.05) is 0 Å². The van der Waals surface area contributed by atoms with E-state index in [1.165, 1.54) is 5.57 Å². The molecule has 0 radical (unpaired) electrons. The van der Waals surface area contributed by atoms with Crippen molar-refractivity contribution in [2.24, 2.45) is 0 Å². The molecule has 1 rings (SSSR count). The number of carbonyl (C=O) groups excluding carboxylic acids is 1. The van der Waals surface area contributed by atoms with Gasteiger partial charge in [0.05, 0.1) is 6.04 Å². The van der Waals surface area contributed by atoms with Gasteiger partial charge in [0.25, 0.3) is 0 Å². The molecule has 6 heteroatoms. The second kappa shape index (κ2) is 8.50. The molecule has 0 heterocycles. The Morgan fingerprint density at radius 3 is 2.76 bits per heavy atom. The Bertz CT molecular complexity index is 401. The molecule has 2 unspecified atom stereocenters. The van der Waals surface area contributed by atoms with Crippen molar-refractivity contribution >= 4 is 14.1 Å². The first-order chi connectivity index (χ1) is 9.76. The molecule has 5 nitrogen and oxygen atoms in total. The standard InChI is InChI=1S/C15H26NO4P/c1-15(2,3)20-14(17)16-13-9-8-12(11-13)7-5-4-6-10-21(18)19/h11,13H,4-10H2,1-3H3,(H-,16,17,18,19)/p+1. The van der Waals surface area contributed by atoms with Crippen molar-refractivity contribution in [2.45, 2.75) is 70.9 Å². The second-order valence-electron chi connectivity index (χ2n) is 6.50. The first-order valence-electron chi connectivity index (χ1n) is 7.59. The molecular formula is C15H27NO4P+. The van der Waals surface area contributed by atoms with Crippen LogP contribution in [0, 0.1) is 0 Å². The Morgan fingerprint density at radius 2 is 2.14 bits per heavy atom. The number of hydrogen-bond acceptors (Lipinski definition) is 3. The van der Waals surface area contributed by atoms with E-state index in [4.69, 9.17) is 9.63 Å². The largest absolute Gasteiger partial charge is 0.505 e. The summed E-state index contributed by atoms with van der Waals surface area (Å²) < 4.78 is 15.8. The van der Waals surface area contributed by atoms with Gasteiger partial charge in [-0.15, -0.1) is 0 Å². The zero-order chi connectivity index (χ0) is 15.9. The van der Waals surface area contributed by atoms with Crippen LogP contribution in [0.2, 0.25) is 0 Å². The zero-order valence-electron chi connectivity index (χ0n) is 13.2. The van der Waals surface area contributed by atoms with Crippen LogP contribution in [0.5, 0.6) is 0 Å². The van der Waals surface area contributed by atoms with Crippen molar-refractivity contribution in [1.29, 1.82) is 0 Å². The number of rotatable bonds is 7. The van der Waals surface area contributed by atoms with Crippen molar-refractivity contribution in [3.8, 4) is 0 Å². The number of allylic oxidation sites excluding steroid dienone is 1. The fourth-order valence-corrected chi connectivity index (χ4v) is 2.84. The summed E-state index contributed by atoms with van der Waals surface area (Å²) in [5, 5.41) is 2.87. The van der Waals surface area contributed by atoms with Crippen molar-refractivity contribution < 1.29 is 19.0 Å². The smallest absolute Gasteiger partial charge is 0.444 e. The molecule has 0 aliphatic heterocycles. The molecule has 21 heavy (non-hydrogen) atoms. The average molecular weight is 316 g/mol. The SMILES string of the molecule is CC(C)(C)OC(=O)NC1C=C(CCCCC[P+](=O)O)CC1. The molecule has 2 N–H and O–H groups in total. The van der Waals surface area contributed by atoms with E-state index in [1.54, 1.807) is 0 Å². The lowest BCUT2D eigenvalue weighted by Gasteiger charge is -2.21. The van der Waals surface area contributed by atoms with Gasteiger partial charge in [0.1, 0.15) is 5.60 Å². The summed E-state index contributed by atoms with van der Waals surface area (Å²) in [4.78, 5) is 20.4. The molecule has 0 fully saturated rings. The van der Waals surface area contributed by atoms with Crippen LogP contribution in [0.3, 0.4) is 0 Å². The predicted molar refractivity (Wildman–Crippen MR) is 83.6 cm³/mol. The molecule has 1 aliphatic rings. The normalized spacial score (nSPS) is 19.1. The van der Waals surface area contributed by atoms with Gasteiger partial charge < -0.3 is 10.1 Å². The van der Waals surface area contributed by atoms with Gasteiger partial charge in [0.2, 0.25) is 0 Å². The number of ether oxygens (including phenoxy) is 1. The van der Waals surface area contributed by atoms with Gasteiger partial charge >= 0.3 is 14.1 Å². The van der Waals surface area contributed by atoms with Crippen molar-refractivity contribution in [3.05, 3.63) is 11.6 Å². The Balaban J connectivity index is 2.21. The molecule has 1 amide bonds. The van der Waals surface area contributed by atoms with Crippen LogP contribution in [0.1, 0.15) is 59.3 Å². The number of unbranched alkanes of at least 4 members (excludes halogenated alkanes) is 2. The Labute approximate surface area is 128 Å². The maximum Gasteiger partial charge on any atom is 0.505 e. The number of carbonyl (C=O) groups is 1. The average Bonchev–Trinajstić information content (AvgIpc) is 2.73. The lowest BCUT2D eigenvalue weighted by Crippen LogP contribution is -2.37. The first-order valence-corrected chi connectivity index (χ1v) is 8.98. The molecule has 1 aliphatic carbocycles. The van der Waals surface area contributed by atoms with Crippen LogP contribution in [-0.4, -0.2) is 28.8 Å². The van der Waals surface area contributed by atoms with Crippen LogP contribution in [-0.2, 0) is 9.30 Å². The topological polar surface area (TPSA) is 75.6 Å². The summed E-state index contributed by atoms with van der Waals surface area (Å²) in [6.07, 6.45) is 7.92. The first kappa shape index (κ1) is 18.1. The van der Waals surface area contributed by atoms with E-state index in [0.717, 1.165) is 38.5 Å². The third-order valence-electron chi connectivity index (χ3n) is 3.26. The van der Waals surface area contributed by atoms with Gasteiger partial charge in [-0.25, -0.2) is 4.79 Å². The van der Waals surface area contributed by atoms with Crippen molar-refractivity contribution in [3.63, 3.8) is 0 Å². The van der Waals surface area contributed by atoms with E-state index < -0.39 is 13.6 Å². The molecule has 2 atom stereocenters. The molecule has 0 aromatic carbocycles. The van der Waals surface area contributed by atoms with Gasteiger partial charge in [-0.1, -0.05) is 11.6 Å². The van der Waals surface area contributed by atoms with E-state index in [9.17, 15) is 9.36 Å². The molecule has 0 saturated heterocycles. The van der Waals surface area contributed by atoms with E-state index >= 15 is 0 Å². The summed E-state index contributed by atoms with van der Waals surface area (Å²) in [6.45, 7) is 5.55. The minimum atomic E-state index is -1.98. The monoisotopic (exact) mass is 316 g/mol. The fraction of sp³-hybridized carbons (Fsp3) is 0.800. The van der Waals surface area contributed by atoms with Crippen molar-refractivity contribution in [1.82, 2.24) is 5.32 Å². The number of nitrogens with one attached hydrogen (secondary N) is 1. The summed E-state index contributed by atoms with van der Waals surface area (Å²) >= 11 is 0. The Morgan fingerprint density at radius 1 is 1.43 bits per heavy atom. The summed E-state index contributed by atoms with van der Waals surface area (Å²) in [7, 11) is -1.98. The van der Waals surface area contributed by atoms with Gasteiger partial charge in [0.15, 0.2) is 6.16 Å². The van der Waals surface area contributed by atoms with Crippen LogP contribution in [0.4, 0.5) is 4.79 Å². The molecule has 0 aromatic heterocycles. The Hall–Kier alpha value is -0.930. The van der Waals surface area contributed by atoms with Crippen molar-refractivity contribution in [2.75, 3.05) is 6.16 Å². The highest BCUT2D eigenvalue weighted by molar-refractivity contribution is 7.37. The fourth-order valence-electron chi connectivity index (χ4n) is 2.35. The molecule has 0 bridgehead atoms. The number of amides is 1. The van der Waals surface area contributed by atoms with Crippen LogP contribution < -0.4 is 5.32 Å². The summed E-state index contributed by atoms with van der Waals surface area (Å²) in [5.74, 6) is 0. The second-order valence-corrected chi connectivity index (χ2v) is 7.65. The number of hydrogen-bond donors (Lipinski definition) is 2. The third kappa shape index (κ3) is 8.84. The predicted octanol–water partition coefficient (Wildman–Crippen LogP) is 3.90. The molecule has 120 valence electrons. The van der Waals surface area contributed by atoms with E-state index in [0.29, 0.717) is 6.16 Å². The molecule has 0 spiro atoms. The highest BCUT2D eigenvalue weighted by atomic mass is 31.1. The quantitative estimate of drug-likeness (QED) is 0.424.